The van der Waals surface area contributed by atoms with Gasteiger partial charge in [0.05, 0.1) is 23.1 Å². The van der Waals surface area contributed by atoms with Gasteiger partial charge in [0.2, 0.25) is 5.91 Å². The molecule has 128 valence electrons. The summed E-state index contributed by atoms with van der Waals surface area (Å²) in [5, 5.41) is 7.25. The monoisotopic (exact) mass is 335 g/mol. The largest absolute Gasteiger partial charge is 0.492 e. The van der Waals surface area contributed by atoms with Gasteiger partial charge in [-0.15, -0.1) is 0 Å². The highest BCUT2D eigenvalue weighted by Crippen LogP contribution is 2.29. The summed E-state index contributed by atoms with van der Waals surface area (Å²) in [6.07, 6.45) is 2.11. The number of carbonyl (C=O) groups excluding carboxylic acids is 1. The zero-order valence-electron chi connectivity index (χ0n) is 14.2. The Labute approximate surface area is 147 Å². The molecule has 2 aromatic carbocycles. The zero-order chi connectivity index (χ0) is 17.5. The van der Waals surface area contributed by atoms with Gasteiger partial charge in [-0.25, -0.2) is 0 Å². The van der Waals surface area contributed by atoms with Crippen molar-refractivity contribution in [3.63, 3.8) is 0 Å². The van der Waals surface area contributed by atoms with Gasteiger partial charge < -0.3 is 15.4 Å². The van der Waals surface area contributed by atoms with E-state index in [0.717, 1.165) is 22.3 Å². The highest BCUT2D eigenvalue weighted by molar-refractivity contribution is 6.02. The van der Waals surface area contributed by atoms with Gasteiger partial charge in [-0.05, 0) is 18.2 Å². The first-order chi connectivity index (χ1) is 12.3. The number of fused-ring (bicyclic) bond motifs is 1. The molecule has 0 saturated carbocycles. The Kier molecular flexibility index (Phi) is 5.46. The number of nitrogens with zero attached hydrogens (tertiary/aromatic N) is 1. The van der Waals surface area contributed by atoms with Crippen LogP contribution in [0.25, 0.3) is 10.9 Å². The van der Waals surface area contributed by atoms with Gasteiger partial charge in [-0.2, -0.15) is 0 Å². The number of ether oxygens (including phenoxy) is 1. The number of aromatic nitrogens is 1. The van der Waals surface area contributed by atoms with Crippen LogP contribution in [0.4, 0.5) is 11.4 Å². The first-order valence-electron chi connectivity index (χ1n) is 8.37. The van der Waals surface area contributed by atoms with Gasteiger partial charge in [0.15, 0.2) is 0 Å². The van der Waals surface area contributed by atoms with E-state index in [1.165, 1.54) is 0 Å². The first-order valence-corrected chi connectivity index (χ1v) is 8.37. The average Bonchev–Trinajstić information content (AvgIpc) is 2.67. The second-order valence-electron chi connectivity index (χ2n) is 5.55. The normalized spacial score (nSPS) is 10.4. The molecule has 3 aromatic rings. The van der Waals surface area contributed by atoms with Gasteiger partial charge in [-0.3, -0.25) is 9.78 Å². The Bertz CT molecular complexity index is 850. The molecule has 25 heavy (non-hydrogen) atoms. The molecule has 0 atom stereocenters. The summed E-state index contributed by atoms with van der Waals surface area (Å²) in [6.45, 7) is 2.95. The molecule has 1 heterocycles. The van der Waals surface area contributed by atoms with Crippen molar-refractivity contribution in [2.45, 2.75) is 13.3 Å². The number of para-hydroxylation sites is 2. The number of amides is 1. The van der Waals surface area contributed by atoms with Crippen molar-refractivity contribution in [3.05, 3.63) is 60.8 Å². The number of benzene rings is 2. The quantitative estimate of drug-likeness (QED) is 0.639. The predicted octanol–water partition coefficient (Wildman–Crippen LogP) is 4.07. The van der Waals surface area contributed by atoms with E-state index in [2.05, 4.69) is 15.6 Å². The molecule has 0 aliphatic carbocycles. The van der Waals surface area contributed by atoms with Crippen LogP contribution >= 0.6 is 0 Å². The summed E-state index contributed by atoms with van der Waals surface area (Å²) in [5.41, 5.74) is 2.43. The van der Waals surface area contributed by atoms with Crippen molar-refractivity contribution < 1.29 is 9.53 Å². The van der Waals surface area contributed by atoms with E-state index in [0.29, 0.717) is 25.3 Å². The molecular formula is C20H21N3O2. The van der Waals surface area contributed by atoms with E-state index >= 15 is 0 Å². The minimum Gasteiger partial charge on any atom is -0.492 e. The maximum absolute atomic E-state index is 11.8. The van der Waals surface area contributed by atoms with Crippen molar-refractivity contribution in [2.75, 3.05) is 23.8 Å². The number of hydrogen-bond donors (Lipinski definition) is 2. The Balaban J connectivity index is 1.75. The lowest BCUT2D eigenvalue weighted by molar-refractivity contribution is -0.115. The van der Waals surface area contributed by atoms with Crippen LogP contribution < -0.4 is 15.4 Å². The zero-order valence-corrected chi connectivity index (χ0v) is 14.2. The number of hydrogen-bond acceptors (Lipinski definition) is 4. The molecule has 5 nitrogen and oxygen atoms in total. The number of rotatable bonds is 7. The van der Waals surface area contributed by atoms with Gasteiger partial charge in [0.25, 0.3) is 0 Å². The highest BCUT2D eigenvalue weighted by Gasteiger charge is 2.10. The molecule has 0 radical (unpaired) electrons. The van der Waals surface area contributed by atoms with E-state index in [-0.39, 0.29) is 5.91 Å². The van der Waals surface area contributed by atoms with Crippen LogP contribution in [0.1, 0.15) is 13.3 Å². The number of pyridine rings is 1. The summed E-state index contributed by atoms with van der Waals surface area (Å²) >= 11 is 0. The van der Waals surface area contributed by atoms with Crippen LogP contribution in [0, 0.1) is 0 Å². The fourth-order valence-corrected chi connectivity index (χ4v) is 2.53. The number of nitrogens with one attached hydrogen (secondary N) is 2. The Hall–Kier alpha value is -3.08. The van der Waals surface area contributed by atoms with Gasteiger partial charge >= 0.3 is 0 Å². The molecule has 0 unspecified atom stereocenters. The summed E-state index contributed by atoms with van der Waals surface area (Å²) in [5.74, 6) is 0.795. The molecule has 3 rings (SSSR count). The highest BCUT2D eigenvalue weighted by atomic mass is 16.5. The van der Waals surface area contributed by atoms with Crippen molar-refractivity contribution in [1.82, 2.24) is 4.98 Å². The second-order valence-corrected chi connectivity index (χ2v) is 5.55. The standard InChI is InChI=1S/C20H21N3O2/c1-2-19(24)23-18-14-22-17-11-7-6-10-16(17)20(18)21-12-13-25-15-8-4-3-5-9-15/h3-11,14H,2,12-13H2,1H3,(H,21,22)(H,23,24). The van der Waals surface area contributed by atoms with Crippen LogP contribution in [0.5, 0.6) is 5.75 Å². The van der Waals surface area contributed by atoms with Crippen LogP contribution in [-0.4, -0.2) is 24.0 Å². The molecule has 1 aromatic heterocycles. The molecule has 0 bridgehead atoms. The third-order valence-electron chi connectivity index (χ3n) is 3.79. The Morgan fingerprint density at radius 3 is 2.64 bits per heavy atom. The van der Waals surface area contributed by atoms with E-state index < -0.39 is 0 Å². The number of carbonyl (C=O) groups is 1. The average molecular weight is 335 g/mol. The second kappa shape index (κ2) is 8.15. The molecule has 0 fully saturated rings. The molecular weight excluding hydrogens is 314 g/mol. The van der Waals surface area contributed by atoms with Crippen LogP contribution in [0.15, 0.2) is 60.8 Å². The molecule has 5 heteroatoms. The Morgan fingerprint density at radius 2 is 1.84 bits per heavy atom. The van der Waals surface area contributed by atoms with E-state index in [4.69, 9.17) is 4.74 Å². The van der Waals surface area contributed by atoms with Crippen LogP contribution in [-0.2, 0) is 4.79 Å². The van der Waals surface area contributed by atoms with Gasteiger partial charge in [0, 0.05) is 18.4 Å². The topological polar surface area (TPSA) is 63.2 Å². The summed E-state index contributed by atoms with van der Waals surface area (Å²) in [7, 11) is 0. The van der Waals surface area contributed by atoms with Crippen molar-refractivity contribution in [2.24, 2.45) is 0 Å². The number of anilines is 2. The van der Waals surface area contributed by atoms with E-state index in [1.807, 2.05) is 61.5 Å². The third kappa shape index (κ3) is 4.26. The smallest absolute Gasteiger partial charge is 0.224 e. The molecule has 0 spiro atoms. The van der Waals surface area contributed by atoms with Crippen molar-refractivity contribution in [1.29, 1.82) is 0 Å². The molecule has 1 amide bonds. The Morgan fingerprint density at radius 1 is 1.08 bits per heavy atom. The fourth-order valence-electron chi connectivity index (χ4n) is 2.53. The first kappa shape index (κ1) is 16.8. The van der Waals surface area contributed by atoms with E-state index in [1.54, 1.807) is 6.20 Å². The predicted molar refractivity (Wildman–Crippen MR) is 101 cm³/mol. The minimum absolute atomic E-state index is 0.0410. The summed E-state index contributed by atoms with van der Waals surface area (Å²) in [6, 6.07) is 17.5. The molecule has 0 aliphatic heterocycles. The summed E-state index contributed by atoms with van der Waals surface area (Å²) in [4.78, 5) is 16.2. The maximum Gasteiger partial charge on any atom is 0.224 e. The fraction of sp³-hybridized carbons (Fsp3) is 0.200. The lowest BCUT2D eigenvalue weighted by Crippen LogP contribution is -2.16. The van der Waals surface area contributed by atoms with Gasteiger partial charge in [-0.1, -0.05) is 43.3 Å². The SMILES string of the molecule is CCC(=O)Nc1cnc2ccccc2c1NCCOc1ccccc1. The summed E-state index contributed by atoms with van der Waals surface area (Å²) < 4.78 is 5.72. The van der Waals surface area contributed by atoms with Crippen LogP contribution in [0.2, 0.25) is 0 Å². The van der Waals surface area contributed by atoms with Gasteiger partial charge in [0.1, 0.15) is 12.4 Å². The van der Waals surface area contributed by atoms with Crippen molar-refractivity contribution >= 4 is 28.2 Å². The minimum atomic E-state index is -0.0410. The lowest BCUT2D eigenvalue weighted by Gasteiger charge is -2.15. The molecule has 2 N–H and O–H groups in total. The van der Waals surface area contributed by atoms with E-state index in [9.17, 15) is 4.79 Å². The molecule has 0 saturated heterocycles. The van der Waals surface area contributed by atoms with Crippen LogP contribution in [0.3, 0.4) is 0 Å². The van der Waals surface area contributed by atoms with Crippen molar-refractivity contribution in [3.8, 4) is 5.75 Å². The lowest BCUT2D eigenvalue weighted by atomic mass is 10.1. The molecule has 0 aliphatic rings. The third-order valence-corrected chi connectivity index (χ3v) is 3.79. The maximum atomic E-state index is 11.8.